The molecule has 1 fully saturated rings. The van der Waals surface area contributed by atoms with Crippen LogP contribution in [0.1, 0.15) is 54.4 Å². The molecule has 4 heteroatoms. The molecular weight excluding hydrogens is 262 g/mol. The van der Waals surface area contributed by atoms with Crippen LogP contribution >= 0.6 is 0 Å². The van der Waals surface area contributed by atoms with Crippen LogP contribution in [0.5, 0.6) is 0 Å². The highest BCUT2D eigenvalue weighted by molar-refractivity contribution is 5.94. The molecule has 0 aliphatic carbocycles. The Kier molecular flexibility index (Phi) is 3.95. The highest BCUT2D eigenvalue weighted by Gasteiger charge is 2.24. The van der Waals surface area contributed by atoms with E-state index < -0.39 is 0 Å². The number of nitrogens with zero attached hydrogens (tertiary/aromatic N) is 3. The van der Waals surface area contributed by atoms with Crippen molar-refractivity contribution in [2.24, 2.45) is 0 Å². The number of pyridine rings is 1. The van der Waals surface area contributed by atoms with Gasteiger partial charge in [0.1, 0.15) is 11.3 Å². The molecule has 0 saturated carbocycles. The van der Waals surface area contributed by atoms with E-state index >= 15 is 0 Å². The van der Waals surface area contributed by atoms with E-state index in [1.54, 1.807) is 0 Å². The Labute approximate surface area is 125 Å². The number of hydrogen-bond acceptors (Lipinski definition) is 2. The SMILES string of the molecule is CCc1nc2cc(C)ccn2c1C(=O)N1CCCCCC1. The van der Waals surface area contributed by atoms with Gasteiger partial charge in [0.25, 0.3) is 5.91 Å². The van der Waals surface area contributed by atoms with Crippen molar-refractivity contribution in [3.05, 3.63) is 35.3 Å². The van der Waals surface area contributed by atoms with E-state index in [9.17, 15) is 4.79 Å². The lowest BCUT2D eigenvalue weighted by atomic mass is 10.2. The summed E-state index contributed by atoms with van der Waals surface area (Å²) in [5.74, 6) is 0.144. The number of imidazole rings is 1. The normalized spacial score (nSPS) is 16.2. The molecule has 3 heterocycles. The number of hydrogen-bond donors (Lipinski definition) is 0. The van der Waals surface area contributed by atoms with Crippen molar-refractivity contribution in [2.45, 2.75) is 46.0 Å². The second-order valence-electron chi connectivity index (χ2n) is 5.90. The maximum Gasteiger partial charge on any atom is 0.272 e. The summed E-state index contributed by atoms with van der Waals surface area (Å²) in [6, 6.07) is 4.08. The molecule has 0 spiro atoms. The van der Waals surface area contributed by atoms with Crippen LogP contribution < -0.4 is 0 Å². The fourth-order valence-electron chi connectivity index (χ4n) is 3.09. The predicted molar refractivity (Wildman–Crippen MR) is 83.7 cm³/mol. The zero-order valence-electron chi connectivity index (χ0n) is 12.9. The minimum Gasteiger partial charge on any atom is -0.337 e. The van der Waals surface area contributed by atoms with Gasteiger partial charge in [0, 0.05) is 19.3 Å². The Morgan fingerprint density at radius 3 is 2.62 bits per heavy atom. The van der Waals surface area contributed by atoms with Gasteiger partial charge in [0.05, 0.1) is 5.69 Å². The van der Waals surface area contributed by atoms with Crippen molar-refractivity contribution in [2.75, 3.05) is 13.1 Å². The van der Waals surface area contributed by atoms with E-state index in [0.717, 1.165) is 49.4 Å². The fraction of sp³-hybridized carbons (Fsp3) is 0.529. The third-order valence-corrected chi connectivity index (χ3v) is 4.28. The lowest BCUT2D eigenvalue weighted by Gasteiger charge is -2.20. The van der Waals surface area contributed by atoms with Crippen LogP contribution in [0.3, 0.4) is 0 Å². The van der Waals surface area contributed by atoms with Crippen molar-refractivity contribution in [1.29, 1.82) is 0 Å². The van der Waals surface area contributed by atoms with Crippen molar-refractivity contribution in [3.8, 4) is 0 Å². The van der Waals surface area contributed by atoms with E-state index in [-0.39, 0.29) is 5.91 Å². The van der Waals surface area contributed by atoms with E-state index in [2.05, 4.69) is 18.8 Å². The van der Waals surface area contributed by atoms with Crippen LogP contribution in [0.2, 0.25) is 0 Å². The molecule has 21 heavy (non-hydrogen) atoms. The zero-order chi connectivity index (χ0) is 14.8. The average molecular weight is 285 g/mol. The van der Waals surface area contributed by atoms with E-state index in [4.69, 9.17) is 0 Å². The first kappa shape index (κ1) is 14.1. The minimum atomic E-state index is 0.144. The molecule has 1 amide bonds. The summed E-state index contributed by atoms with van der Waals surface area (Å²) in [6.45, 7) is 5.87. The Balaban J connectivity index is 2.03. The molecule has 112 valence electrons. The quantitative estimate of drug-likeness (QED) is 0.849. The van der Waals surface area contributed by atoms with Gasteiger partial charge in [-0.3, -0.25) is 9.20 Å². The molecule has 0 atom stereocenters. The van der Waals surface area contributed by atoms with Crippen molar-refractivity contribution in [3.63, 3.8) is 0 Å². The Morgan fingerprint density at radius 1 is 1.24 bits per heavy atom. The van der Waals surface area contributed by atoms with Gasteiger partial charge in [-0.25, -0.2) is 4.98 Å². The lowest BCUT2D eigenvalue weighted by Crippen LogP contribution is -2.33. The number of amides is 1. The van der Waals surface area contributed by atoms with Gasteiger partial charge < -0.3 is 4.90 Å². The zero-order valence-corrected chi connectivity index (χ0v) is 12.9. The van der Waals surface area contributed by atoms with Crippen molar-refractivity contribution < 1.29 is 4.79 Å². The first-order valence-corrected chi connectivity index (χ1v) is 7.97. The molecule has 0 radical (unpaired) electrons. The van der Waals surface area contributed by atoms with Crippen LogP contribution in [0.25, 0.3) is 5.65 Å². The molecule has 1 saturated heterocycles. The Bertz CT molecular complexity index is 651. The molecule has 3 rings (SSSR count). The summed E-state index contributed by atoms with van der Waals surface area (Å²) >= 11 is 0. The third kappa shape index (κ3) is 2.67. The summed E-state index contributed by atoms with van der Waals surface area (Å²) in [6.07, 6.45) is 7.46. The van der Waals surface area contributed by atoms with Gasteiger partial charge in [0.2, 0.25) is 0 Å². The monoisotopic (exact) mass is 285 g/mol. The standard InChI is InChI=1S/C17H23N3O/c1-3-14-16(17(21)19-9-6-4-5-7-10-19)20-11-8-13(2)12-15(20)18-14/h8,11-12H,3-7,9-10H2,1-2H3. The summed E-state index contributed by atoms with van der Waals surface area (Å²) in [7, 11) is 0. The summed E-state index contributed by atoms with van der Waals surface area (Å²) in [5, 5.41) is 0. The smallest absolute Gasteiger partial charge is 0.272 e. The van der Waals surface area contributed by atoms with E-state index in [1.807, 2.05) is 27.6 Å². The number of carbonyl (C=O) groups is 1. The number of aryl methyl sites for hydroxylation is 2. The van der Waals surface area contributed by atoms with Crippen LogP contribution in [0.4, 0.5) is 0 Å². The Morgan fingerprint density at radius 2 is 1.95 bits per heavy atom. The van der Waals surface area contributed by atoms with Gasteiger partial charge >= 0.3 is 0 Å². The van der Waals surface area contributed by atoms with E-state index in [0.29, 0.717) is 0 Å². The second-order valence-corrected chi connectivity index (χ2v) is 5.90. The van der Waals surface area contributed by atoms with Gasteiger partial charge in [-0.2, -0.15) is 0 Å². The van der Waals surface area contributed by atoms with Gasteiger partial charge in [-0.1, -0.05) is 19.8 Å². The molecule has 2 aromatic rings. The minimum absolute atomic E-state index is 0.144. The third-order valence-electron chi connectivity index (χ3n) is 4.28. The van der Waals surface area contributed by atoms with Crippen LogP contribution in [0, 0.1) is 6.92 Å². The fourth-order valence-corrected chi connectivity index (χ4v) is 3.09. The topological polar surface area (TPSA) is 37.6 Å². The second kappa shape index (κ2) is 5.88. The lowest BCUT2D eigenvalue weighted by molar-refractivity contribution is 0.0753. The maximum absolute atomic E-state index is 13.0. The number of fused-ring (bicyclic) bond motifs is 1. The van der Waals surface area contributed by atoms with Crippen molar-refractivity contribution in [1.82, 2.24) is 14.3 Å². The highest BCUT2D eigenvalue weighted by Crippen LogP contribution is 2.19. The molecule has 0 N–H and O–H groups in total. The van der Waals surface area contributed by atoms with Gasteiger partial charge in [-0.15, -0.1) is 0 Å². The average Bonchev–Trinajstić information content (AvgIpc) is 2.66. The first-order valence-electron chi connectivity index (χ1n) is 7.97. The van der Waals surface area contributed by atoms with E-state index in [1.165, 1.54) is 18.4 Å². The number of aromatic nitrogens is 2. The molecule has 2 aromatic heterocycles. The van der Waals surface area contributed by atoms with Gasteiger partial charge in [0.15, 0.2) is 0 Å². The molecular formula is C17H23N3O. The molecule has 0 unspecified atom stereocenters. The molecule has 0 aromatic carbocycles. The number of rotatable bonds is 2. The van der Waals surface area contributed by atoms with Crippen molar-refractivity contribution >= 4 is 11.6 Å². The molecule has 4 nitrogen and oxygen atoms in total. The summed E-state index contributed by atoms with van der Waals surface area (Å²) in [4.78, 5) is 19.6. The van der Waals surface area contributed by atoms with Gasteiger partial charge in [-0.05, 0) is 43.9 Å². The predicted octanol–water partition coefficient (Wildman–Crippen LogP) is 3.22. The number of carbonyl (C=O) groups excluding carboxylic acids is 1. The Hall–Kier alpha value is -1.84. The highest BCUT2D eigenvalue weighted by atomic mass is 16.2. The van der Waals surface area contributed by atoms with Crippen LogP contribution in [-0.4, -0.2) is 33.3 Å². The van der Waals surface area contributed by atoms with Crippen LogP contribution in [0.15, 0.2) is 18.3 Å². The number of likely N-dealkylation sites (tertiary alicyclic amines) is 1. The first-order chi connectivity index (χ1) is 10.2. The molecule has 1 aliphatic heterocycles. The molecule has 0 bridgehead atoms. The summed E-state index contributed by atoms with van der Waals surface area (Å²) < 4.78 is 1.96. The maximum atomic E-state index is 13.0. The molecule has 1 aliphatic rings. The van der Waals surface area contributed by atoms with Crippen LogP contribution in [-0.2, 0) is 6.42 Å². The summed E-state index contributed by atoms with van der Waals surface area (Å²) in [5.41, 5.74) is 3.72. The largest absolute Gasteiger partial charge is 0.337 e.